The van der Waals surface area contributed by atoms with Crippen molar-refractivity contribution in [3.63, 3.8) is 0 Å². The van der Waals surface area contributed by atoms with Crippen LogP contribution >= 0.6 is 11.6 Å². The molecule has 0 aliphatic carbocycles. The van der Waals surface area contributed by atoms with E-state index in [1.807, 2.05) is 6.92 Å². The molecule has 7 heteroatoms. The highest BCUT2D eigenvalue weighted by molar-refractivity contribution is 7.84. The minimum atomic E-state index is -1.33. The average molecular weight is 366 g/mol. The molecular formula is C17H16ClNO4S. The van der Waals surface area contributed by atoms with Gasteiger partial charge in [0.15, 0.2) is 6.61 Å². The topological polar surface area (TPSA) is 72.5 Å². The molecule has 0 radical (unpaired) electrons. The van der Waals surface area contributed by atoms with Crippen molar-refractivity contribution in [2.45, 2.75) is 11.8 Å². The number of benzene rings is 2. The zero-order valence-corrected chi connectivity index (χ0v) is 14.7. The standard InChI is InChI=1S/C17H16ClNO4S/c1-11-7-8-12(9-14(11)18)19-16(20)10-23-17(21)13-5-3-4-6-15(13)24(2)22/h3-9H,10H2,1-2H3,(H,19,20)/t24-/m0/s1. The quantitative estimate of drug-likeness (QED) is 0.826. The van der Waals surface area contributed by atoms with E-state index in [2.05, 4.69) is 5.32 Å². The summed E-state index contributed by atoms with van der Waals surface area (Å²) < 4.78 is 16.6. The molecule has 1 atom stereocenters. The molecule has 0 spiro atoms. The maximum Gasteiger partial charge on any atom is 0.339 e. The van der Waals surface area contributed by atoms with Crippen LogP contribution in [0.25, 0.3) is 0 Å². The van der Waals surface area contributed by atoms with Crippen LogP contribution in [0.3, 0.4) is 0 Å². The van der Waals surface area contributed by atoms with Crippen LogP contribution in [0.15, 0.2) is 47.4 Å². The Hall–Kier alpha value is -2.18. The zero-order chi connectivity index (χ0) is 17.7. The third kappa shape index (κ3) is 4.66. The molecule has 2 rings (SSSR count). The minimum absolute atomic E-state index is 0.185. The Balaban J connectivity index is 1.97. The van der Waals surface area contributed by atoms with E-state index in [1.165, 1.54) is 12.3 Å². The van der Waals surface area contributed by atoms with Gasteiger partial charge in [-0.2, -0.15) is 0 Å². The molecule has 0 unspecified atom stereocenters. The van der Waals surface area contributed by atoms with Crippen molar-refractivity contribution >= 4 is 40.0 Å². The summed E-state index contributed by atoms with van der Waals surface area (Å²) in [6.07, 6.45) is 1.47. The first-order chi connectivity index (χ1) is 11.4. The number of hydrogen-bond donors (Lipinski definition) is 1. The fraction of sp³-hybridized carbons (Fsp3) is 0.176. The van der Waals surface area contributed by atoms with Crippen LogP contribution in [-0.4, -0.2) is 28.9 Å². The van der Waals surface area contributed by atoms with E-state index >= 15 is 0 Å². The molecule has 0 aromatic heterocycles. The summed E-state index contributed by atoms with van der Waals surface area (Å²) in [6, 6.07) is 11.5. The van der Waals surface area contributed by atoms with E-state index in [-0.39, 0.29) is 5.56 Å². The minimum Gasteiger partial charge on any atom is -0.452 e. The van der Waals surface area contributed by atoms with Gasteiger partial charge in [-0.25, -0.2) is 4.79 Å². The number of carbonyl (C=O) groups excluding carboxylic acids is 2. The molecule has 126 valence electrons. The number of halogens is 1. The summed E-state index contributed by atoms with van der Waals surface area (Å²) in [5.41, 5.74) is 1.59. The molecule has 0 saturated carbocycles. The fourth-order valence-corrected chi connectivity index (χ4v) is 2.87. The average Bonchev–Trinajstić information content (AvgIpc) is 2.56. The van der Waals surface area contributed by atoms with Crippen molar-refractivity contribution in [2.24, 2.45) is 0 Å². The third-order valence-corrected chi connectivity index (χ3v) is 4.59. The summed E-state index contributed by atoms with van der Waals surface area (Å²) in [4.78, 5) is 24.3. The maximum absolute atomic E-state index is 12.1. The molecule has 2 aromatic carbocycles. The van der Waals surface area contributed by atoms with Crippen LogP contribution in [0.5, 0.6) is 0 Å². The SMILES string of the molecule is Cc1ccc(NC(=O)COC(=O)c2ccccc2[S@](C)=O)cc1Cl. The molecule has 0 bridgehead atoms. The zero-order valence-electron chi connectivity index (χ0n) is 13.2. The molecule has 24 heavy (non-hydrogen) atoms. The first-order valence-electron chi connectivity index (χ1n) is 7.04. The number of nitrogens with one attached hydrogen (secondary N) is 1. The van der Waals surface area contributed by atoms with E-state index in [0.29, 0.717) is 15.6 Å². The third-order valence-electron chi connectivity index (χ3n) is 3.21. The molecule has 2 aromatic rings. The number of aryl methyl sites for hydroxylation is 1. The van der Waals surface area contributed by atoms with Gasteiger partial charge in [0, 0.05) is 17.0 Å². The molecular weight excluding hydrogens is 350 g/mol. The van der Waals surface area contributed by atoms with Gasteiger partial charge in [0.05, 0.1) is 21.3 Å². The number of esters is 1. The molecule has 1 N–H and O–H groups in total. The smallest absolute Gasteiger partial charge is 0.339 e. The molecule has 5 nitrogen and oxygen atoms in total. The normalized spacial score (nSPS) is 11.6. The van der Waals surface area contributed by atoms with Gasteiger partial charge in [-0.05, 0) is 36.8 Å². The van der Waals surface area contributed by atoms with Gasteiger partial charge in [-0.3, -0.25) is 9.00 Å². The highest BCUT2D eigenvalue weighted by Gasteiger charge is 2.16. The van der Waals surface area contributed by atoms with Gasteiger partial charge in [-0.15, -0.1) is 0 Å². The number of amides is 1. The molecule has 0 heterocycles. The Kier molecular flexibility index (Phi) is 6.11. The molecule has 0 fully saturated rings. The maximum atomic E-state index is 12.1. The lowest BCUT2D eigenvalue weighted by molar-refractivity contribution is -0.119. The lowest BCUT2D eigenvalue weighted by Crippen LogP contribution is -2.21. The van der Waals surface area contributed by atoms with Gasteiger partial charge >= 0.3 is 5.97 Å². The molecule has 0 aliphatic heterocycles. The lowest BCUT2D eigenvalue weighted by atomic mass is 10.2. The van der Waals surface area contributed by atoms with Crippen LogP contribution in [-0.2, 0) is 20.3 Å². The second-order valence-electron chi connectivity index (χ2n) is 5.04. The summed E-state index contributed by atoms with van der Waals surface area (Å²) in [5, 5.41) is 3.13. The van der Waals surface area contributed by atoms with Crippen LogP contribution in [0, 0.1) is 6.92 Å². The van der Waals surface area contributed by atoms with Crippen LogP contribution < -0.4 is 5.32 Å². The van der Waals surface area contributed by atoms with Gasteiger partial charge in [-0.1, -0.05) is 29.8 Å². The highest BCUT2D eigenvalue weighted by Crippen LogP contribution is 2.20. The monoisotopic (exact) mass is 365 g/mol. The predicted molar refractivity (Wildman–Crippen MR) is 93.9 cm³/mol. The summed E-state index contributed by atoms with van der Waals surface area (Å²) in [6.45, 7) is 1.40. The largest absolute Gasteiger partial charge is 0.452 e. The lowest BCUT2D eigenvalue weighted by Gasteiger charge is -2.09. The first-order valence-corrected chi connectivity index (χ1v) is 8.97. The molecule has 0 saturated heterocycles. The van der Waals surface area contributed by atoms with E-state index in [4.69, 9.17) is 16.3 Å². The Labute approximate surface area is 147 Å². The Bertz CT molecular complexity index is 807. The van der Waals surface area contributed by atoms with Crippen molar-refractivity contribution in [1.82, 2.24) is 0 Å². The summed E-state index contributed by atoms with van der Waals surface area (Å²) >= 11 is 5.99. The van der Waals surface area contributed by atoms with Gasteiger partial charge in [0.1, 0.15) is 0 Å². The van der Waals surface area contributed by atoms with E-state index in [0.717, 1.165) is 5.56 Å². The second-order valence-corrected chi connectivity index (χ2v) is 6.79. The molecule has 1 amide bonds. The highest BCUT2D eigenvalue weighted by atomic mass is 35.5. The predicted octanol–water partition coefficient (Wildman–Crippen LogP) is 3.18. The Morgan fingerprint density at radius 2 is 1.92 bits per heavy atom. The van der Waals surface area contributed by atoms with E-state index < -0.39 is 29.3 Å². The number of anilines is 1. The second kappa shape index (κ2) is 8.08. The van der Waals surface area contributed by atoms with Crippen molar-refractivity contribution < 1.29 is 18.5 Å². The van der Waals surface area contributed by atoms with Crippen molar-refractivity contribution in [3.8, 4) is 0 Å². The van der Waals surface area contributed by atoms with Crippen LogP contribution in [0.2, 0.25) is 5.02 Å². The van der Waals surface area contributed by atoms with Crippen LogP contribution in [0.1, 0.15) is 15.9 Å². The fourth-order valence-electron chi connectivity index (χ4n) is 1.96. The summed E-state index contributed by atoms with van der Waals surface area (Å²) in [5.74, 6) is -1.18. The molecule has 0 aliphatic rings. The van der Waals surface area contributed by atoms with E-state index in [9.17, 15) is 13.8 Å². The Morgan fingerprint density at radius 1 is 1.21 bits per heavy atom. The number of rotatable bonds is 5. The van der Waals surface area contributed by atoms with Crippen LogP contribution in [0.4, 0.5) is 5.69 Å². The summed E-state index contributed by atoms with van der Waals surface area (Å²) in [7, 11) is -1.33. The number of carbonyl (C=O) groups is 2. The van der Waals surface area contributed by atoms with Gasteiger partial charge < -0.3 is 10.1 Å². The van der Waals surface area contributed by atoms with Gasteiger partial charge in [0.2, 0.25) is 0 Å². The number of hydrogen-bond acceptors (Lipinski definition) is 4. The van der Waals surface area contributed by atoms with Crippen molar-refractivity contribution in [2.75, 3.05) is 18.2 Å². The number of ether oxygens (including phenoxy) is 1. The van der Waals surface area contributed by atoms with E-state index in [1.54, 1.807) is 36.4 Å². The Morgan fingerprint density at radius 3 is 2.58 bits per heavy atom. The van der Waals surface area contributed by atoms with Gasteiger partial charge in [0.25, 0.3) is 5.91 Å². The first kappa shape index (κ1) is 18.2. The van der Waals surface area contributed by atoms with Crippen molar-refractivity contribution in [1.29, 1.82) is 0 Å². The van der Waals surface area contributed by atoms with Crippen molar-refractivity contribution in [3.05, 3.63) is 58.6 Å².